The SMILES string of the molecule is COC1(O)C=CC(CC[C@H](N)C(=O)O)=CC1. The molecular formula is C11H17NO4. The van der Waals surface area contributed by atoms with Crippen LogP contribution in [0.25, 0.3) is 0 Å². The van der Waals surface area contributed by atoms with Crippen LogP contribution in [-0.4, -0.2) is 35.1 Å². The molecule has 0 heterocycles. The molecule has 0 aromatic carbocycles. The Morgan fingerprint density at radius 2 is 2.44 bits per heavy atom. The van der Waals surface area contributed by atoms with E-state index in [0.717, 1.165) is 5.57 Å². The molecule has 1 aliphatic carbocycles. The topological polar surface area (TPSA) is 92.8 Å². The lowest BCUT2D eigenvalue weighted by Gasteiger charge is -2.24. The van der Waals surface area contributed by atoms with Crippen molar-refractivity contribution < 1.29 is 19.7 Å². The van der Waals surface area contributed by atoms with E-state index in [1.165, 1.54) is 7.11 Å². The molecule has 2 atom stereocenters. The first-order valence-electron chi connectivity index (χ1n) is 5.11. The predicted molar refractivity (Wildman–Crippen MR) is 58.6 cm³/mol. The van der Waals surface area contributed by atoms with Crippen LogP contribution in [0.2, 0.25) is 0 Å². The van der Waals surface area contributed by atoms with Crippen molar-refractivity contribution in [1.29, 1.82) is 0 Å². The lowest BCUT2D eigenvalue weighted by Crippen LogP contribution is -2.31. The van der Waals surface area contributed by atoms with Gasteiger partial charge in [0, 0.05) is 13.5 Å². The average molecular weight is 227 g/mol. The number of hydrogen-bond donors (Lipinski definition) is 3. The number of carboxylic acids is 1. The smallest absolute Gasteiger partial charge is 0.320 e. The normalized spacial score (nSPS) is 26.3. The molecule has 0 aromatic rings. The van der Waals surface area contributed by atoms with Crippen LogP contribution in [0.3, 0.4) is 0 Å². The molecule has 1 rings (SSSR count). The number of methoxy groups -OCH3 is 1. The molecule has 0 saturated heterocycles. The molecule has 0 bridgehead atoms. The Morgan fingerprint density at radius 1 is 1.75 bits per heavy atom. The van der Waals surface area contributed by atoms with Crippen LogP contribution >= 0.6 is 0 Å². The second-order valence-corrected chi connectivity index (χ2v) is 3.85. The summed E-state index contributed by atoms with van der Waals surface area (Å²) in [7, 11) is 1.43. The number of carbonyl (C=O) groups is 1. The maximum absolute atomic E-state index is 10.5. The lowest BCUT2D eigenvalue weighted by molar-refractivity contribution is -0.143. The Hall–Kier alpha value is -1.17. The van der Waals surface area contributed by atoms with E-state index in [1.807, 2.05) is 6.08 Å². The Kier molecular flexibility index (Phi) is 4.23. The molecule has 1 aliphatic rings. The summed E-state index contributed by atoms with van der Waals surface area (Å²) >= 11 is 0. The summed E-state index contributed by atoms with van der Waals surface area (Å²) in [6.45, 7) is 0. The first kappa shape index (κ1) is 12.9. The number of aliphatic carboxylic acids is 1. The van der Waals surface area contributed by atoms with Gasteiger partial charge in [-0.2, -0.15) is 0 Å². The summed E-state index contributed by atoms with van der Waals surface area (Å²) in [5.41, 5.74) is 6.36. The van der Waals surface area contributed by atoms with Crippen molar-refractivity contribution in [2.75, 3.05) is 7.11 Å². The van der Waals surface area contributed by atoms with E-state index in [0.29, 0.717) is 19.3 Å². The number of rotatable bonds is 5. The molecule has 0 saturated carbocycles. The summed E-state index contributed by atoms with van der Waals surface area (Å²) < 4.78 is 4.90. The molecular weight excluding hydrogens is 210 g/mol. The third-order valence-electron chi connectivity index (χ3n) is 2.63. The molecule has 0 spiro atoms. The van der Waals surface area contributed by atoms with Crippen LogP contribution in [-0.2, 0) is 9.53 Å². The second kappa shape index (κ2) is 5.25. The first-order valence-corrected chi connectivity index (χ1v) is 5.11. The van der Waals surface area contributed by atoms with Gasteiger partial charge in [-0.15, -0.1) is 0 Å². The van der Waals surface area contributed by atoms with Gasteiger partial charge in [-0.1, -0.05) is 17.7 Å². The summed E-state index contributed by atoms with van der Waals surface area (Å²) in [6, 6.07) is -0.836. The summed E-state index contributed by atoms with van der Waals surface area (Å²) in [5, 5.41) is 18.3. The quantitative estimate of drug-likeness (QED) is 0.591. The Balaban J connectivity index is 2.43. The molecule has 16 heavy (non-hydrogen) atoms. The van der Waals surface area contributed by atoms with Gasteiger partial charge in [0.25, 0.3) is 0 Å². The maximum atomic E-state index is 10.5. The zero-order valence-electron chi connectivity index (χ0n) is 9.22. The van der Waals surface area contributed by atoms with Crippen LogP contribution in [0.1, 0.15) is 19.3 Å². The van der Waals surface area contributed by atoms with Gasteiger partial charge in [-0.05, 0) is 18.9 Å². The number of nitrogens with two attached hydrogens (primary N) is 1. The van der Waals surface area contributed by atoms with Crippen molar-refractivity contribution >= 4 is 5.97 Å². The van der Waals surface area contributed by atoms with Gasteiger partial charge in [-0.3, -0.25) is 4.79 Å². The predicted octanol–water partition coefficient (Wildman–Crippen LogP) is 0.400. The number of allylic oxidation sites excluding steroid dienone is 2. The zero-order chi connectivity index (χ0) is 12.2. The molecule has 0 aliphatic heterocycles. The van der Waals surface area contributed by atoms with Crippen LogP contribution in [0.5, 0.6) is 0 Å². The van der Waals surface area contributed by atoms with Crippen molar-refractivity contribution in [3.8, 4) is 0 Å². The fraction of sp³-hybridized carbons (Fsp3) is 0.545. The van der Waals surface area contributed by atoms with Crippen molar-refractivity contribution in [3.05, 3.63) is 23.8 Å². The van der Waals surface area contributed by atoms with Crippen molar-refractivity contribution in [3.63, 3.8) is 0 Å². The van der Waals surface area contributed by atoms with E-state index in [-0.39, 0.29) is 0 Å². The van der Waals surface area contributed by atoms with Gasteiger partial charge >= 0.3 is 5.97 Å². The Labute approximate surface area is 94.2 Å². The van der Waals surface area contributed by atoms with Crippen LogP contribution in [0, 0.1) is 0 Å². The van der Waals surface area contributed by atoms with Crippen molar-refractivity contribution in [1.82, 2.24) is 0 Å². The standard InChI is InChI=1S/C11H17NO4/c1-16-11(15)6-4-8(5-7-11)2-3-9(12)10(13)14/h4-6,9,15H,2-3,7,12H2,1H3,(H,13,14)/t9-,11?/m0/s1. The van der Waals surface area contributed by atoms with Gasteiger partial charge < -0.3 is 20.7 Å². The molecule has 4 N–H and O–H groups in total. The van der Waals surface area contributed by atoms with E-state index < -0.39 is 17.8 Å². The monoisotopic (exact) mass is 227 g/mol. The molecule has 0 fully saturated rings. The molecule has 90 valence electrons. The van der Waals surface area contributed by atoms with Crippen molar-refractivity contribution in [2.24, 2.45) is 5.73 Å². The fourth-order valence-corrected chi connectivity index (χ4v) is 1.43. The summed E-state index contributed by atoms with van der Waals surface area (Å²) in [4.78, 5) is 10.5. The summed E-state index contributed by atoms with van der Waals surface area (Å²) in [5.74, 6) is -2.22. The molecule has 0 amide bonds. The molecule has 0 radical (unpaired) electrons. The van der Waals surface area contributed by atoms with Crippen LogP contribution in [0.4, 0.5) is 0 Å². The van der Waals surface area contributed by atoms with Crippen LogP contribution < -0.4 is 5.73 Å². The van der Waals surface area contributed by atoms with Gasteiger partial charge in [0.2, 0.25) is 0 Å². The maximum Gasteiger partial charge on any atom is 0.320 e. The third kappa shape index (κ3) is 3.44. The van der Waals surface area contributed by atoms with Gasteiger partial charge in [-0.25, -0.2) is 0 Å². The average Bonchev–Trinajstić information content (AvgIpc) is 2.28. The minimum Gasteiger partial charge on any atom is -0.480 e. The van der Waals surface area contributed by atoms with E-state index >= 15 is 0 Å². The highest BCUT2D eigenvalue weighted by atomic mass is 16.6. The first-order chi connectivity index (χ1) is 7.47. The minimum absolute atomic E-state index is 0.373. The van der Waals surface area contributed by atoms with Crippen LogP contribution in [0.15, 0.2) is 23.8 Å². The highest BCUT2D eigenvalue weighted by molar-refractivity contribution is 5.73. The highest BCUT2D eigenvalue weighted by Gasteiger charge is 2.24. The van der Waals surface area contributed by atoms with Gasteiger partial charge in [0.15, 0.2) is 5.79 Å². The van der Waals surface area contributed by atoms with E-state index in [2.05, 4.69) is 0 Å². The molecule has 5 nitrogen and oxygen atoms in total. The molecule has 1 unspecified atom stereocenters. The van der Waals surface area contributed by atoms with Crippen molar-refractivity contribution in [2.45, 2.75) is 31.1 Å². The number of carboxylic acid groups (broad SMARTS) is 1. The Morgan fingerprint density at radius 3 is 2.88 bits per heavy atom. The van der Waals surface area contributed by atoms with Gasteiger partial charge in [0.05, 0.1) is 0 Å². The largest absolute Gasteiger partial charge is 0.480 e. The number of aliphatic hydroxyl groups is 1. The van der Waals surface area contributed by atoms with E-state index in [1.54, 1.807) is 12.2 Å². The number of ether oxygens (including phenoxy) is 1. The zero-order valence-corrected chi connectivity index (χ0v) is 9.22. The summed E-state index contributed by atoms with van der Waals surface area (Å²) in [6.07, 6.45) is 6.48. The Bertz CT molecular complexity index is 324. The number of hydrogen-bond acceptors (Lipinski definition) is 4. The minimum atomic E-state index is -1.22. The third-order valence-corrected chi connectivity index (χ3v) is 2.63. The molecule has 0 aromatic heterocycles. The van der Waals surface area contributed by atoms with E-state index in [9.17, 15) is 9.90 Å². The van der Waals surface area contributed by atoms with Gasteiger partial charge in [0.1, 0.15) is 6.04 Å². The second-order valence-electron chi connectivity index (χ2n) is 3.85. The fourth-order valence-electron chi connectivity index (χ4n) is 1.43. The van der Waals surface area contributed by atoms with E-state index in [4.69, 9.17) is 15.6 Å². The molecule has 5 heteroatoms. The highest BCUT2D eigenvalue weighted by Crippen LogP contribution is 2.23. The lowest BCUT2D eigenvalue weighted by atomic mass is 9.97.